The van der Waals surface area contributed by atoms with Crippen molar-refractivity contribution in [1.82, 2.24) is 24.3 Å². The molecule has 20 heavy (non-hydrogen) atoms. The lowest BCUT2D eigenvalue weighted by Crippen LogP contribution is -2.07. The van der Waals surface area contributed by atoms with E-state index in [1.807, 2.05) is 36.0 Å². The van der Waals surface area contributed by atoms with Crippen LogP contribution < -0.4 is 0 Å². The summed E-state index contributed by atoms with van der Waals surface area (Å²) in [4.78, 5) is 9.11. The Bertz CT molecular complexity index is 702. The van der Waals surface area contributed by atoms with Gasteiger partial charge in [-0.1, -0.05) is 0 Å². The molecule has 0 atom stereocenters. The Kier molecular flexibility index (Phi) is 3.69. The van der Waals surface area contributed by atoms with Crippen LogP contribution in [-0.2, 0) is 19.0 Å². The maximum atomic E-state index is 5.99. The highest BCUT2D eigenvalue weighted by Crippen LogP contribution is 2.17. The number of alkyl halides is 1. The molecule has 0 radical (unpaired) electrons. The Balaban J connectivity index is 1.83. The van der Waals surface area contributed by atoms with E-state index < -0.39 is 0 Å². The zero-order valence-electron chi connectivity index (χ0n) is 11.3. The first-order valence-electron chi connectivity index (χ1n) is 6.64. The third kappa shape index (κ3) is 2.54. The van der Waals surface area contributed by atoms with Crippen molar-refractivity contribution in [2.45, 2.75) is 32.3 Å². The van der Waals surface area contributed by atoms with Crippen molar-refractivity contribution in [3.63, 3.8) is 0 Å². The van der Waals surface area contributed by atoms with Gasteiger partial charge in [0.05, 0.1) is 5.88 Å². The quantitative estimate of drug-likeness (QED) is 0.679. The van der Waals surface area contributed by atoms with E-state index in [1.165, 1.54) is 0 Å². The number of aromatic nitrogens is 5. The number of hydrogen-bond acceptors (Lipinski definition) is 3. The molecule has 3 heterocycles. The molecule has 0 aliphatic rings. The fourth-order valence-electron chi connectivity index (χ4n) is 2.30. The second-order valence-corrected chi connectivity index (χ2v) is 5.00. The Morgan fingerprint density at radius 2 is 2.10 bits per heavy atom. The number of imidazole rings is 1. The van der Waals surface area contributed by atoms with Gasteiger partial charge in [0.25, 0.3) is 0 Å². The number of halogens is 1. The summed E-state index contributed by atoms with van der Waals surface area (Å²) in [6.07, 6.45) is 4.73. The second kappa shape index (κ2) is 5.63. The molecular formula is C14H16ClN5. The summed E-state index contributed by atoms with van der Waals surface area (Å²) >= 11 is 5.99. The van der Waals surface area contributed by atoms with E-state index >= 15 is 0 Å². The van der Waals surface area contributed by atoms with Gasteiger partial charge in [0, 0.05) is 31.2 Å². The Labute approximate surface area is 122 Å². The van der Waals surface area contributed by atoms with Gasteiger partial charge in [-0.3, -0.25) is 4.68 Å². The molecule has 0 saturated carbocycles. The van der Waals surface area contributed by atoms with Gasteiger partial charge in [0.2, 0.25) is 0 Å². The van der Waals surface area contributed by atoms with Crippen molar-refractivity contribution in [3.8, 4) is 0 Å². The predicted octanol–water partition coefficient (Wildman–Crippen LogP) is 2.77. The van der Waals surface area contributed by atoms with E-state index in [2.05, 4.69) is 19.6 Å². The van der Waals surface area contributed by atoms with Crippen molar-refractivity contribution >= 4 is 22.8 Å². The van der Waals surface area contributed by atoms with Gasteiger partial charge in [0.15, 0.2) is 5.65 Å². The molecule has 0 aromatic carbocycles. The molecule has 0 saturated heterocycles. The van der Waals surface area contributed by atoms with Gasteiger partial charge in [0.1, 0.15) is 11.3 Å². The number of rotatable bonds is 5. The van der Waals surface area contributed by atoms with Crippen LogP contribution in [0.1, 0.15) is 17.9 Å². The van der Waals surface area contributed by atoms with Crippen molar-refractivity contribution in [1.29, 1.82) is 0 Å². The molecule has 3 rings (SSSR count). The summed E-state index contributed by atoms with van der Waals surface area (Å²) in [7, 11) is 0. The monoisotopic (exact) mass is 289 g/mol. The van der Waals surface area contributed by atoms with E-state index in [1.54, 1.807) is 6.20 Å². The van der Waals surface area contributed by atoms with Crippen LogP contribution in [-0.4, -0.2) is 24.3 Å². The van der Waals surface area contributed by atoms with Crippen molar-refractivity contribution in [3.05, 3.63) is 42.1 Å². The molecule has 3 aromatic rings. The van der Waals surface area contributed by atoms with Gasteiger partial charge in [-0.15, -0.1) is 11.6 Å². The van der Waals surface area contributed by atoms with Gasteiger partial charge in [-0.05, 0) is 31.5 Å². The molecule has 0 N–H and O–H groups in total. The Morgan fingerprint density at radius 1 is 1.20 bits per heavy atom. The lowest BCUT2D eigenvalue weighted by Gasteiger charge is -2.07. The summed E-state index contributed by atoms with van der Waals surface area (Å²) in [5.74, 6) is 1.28. The predicted molar refractivity (Wildman–Crippen MR) is 78.7 cm³/mol. The normalized spacial score (nSPS) is 11.3. The summed E-state index contributed by atoms with van der Waals surface area (Å²) in [5, 5.41) is 4.20. The number of pyridine rings is 1. The van der Waals surface area contributed by atoms with Crippen LogP contribution in [0, 0.1) is 6.92 Å². The van der Waals surface area contributed by atoms with Crippen LogP contribution in [0.5, 0.6) is 0 Å². The minimum Gasteiger partial charge on any atom is -0.312 e. The molecule has 0 amide bonds. The topological polar surface area (TPSA) is 48.5 Å². The van der Waals surface area contributed by atoms with E-state index in [0.29, 0.717) is 5.88 Å². The summed E-state index contributed by atoms with van der Waals surface area (Å²) in [6.45, 7) is 3.70. The van der Waals surface area contributed by atoms with Crippen LogP contribution in [0.3, 0.4) is 0 Å². The maximum absolute atomic E-state index is 5.99. The maximum Gasteiger partial charge on any atom is 0.160 e. The molecule has 0 aliphatic carbocycles. The van der Waals surface area contributed by atoms with E-state index in [-0.39, 0.29) is 0 Å². The SMILES string of the molecule is Cc1ccc2nc(CCl)n(CCCn3cccn3)c2n1. The van der Waals surface area contributed by atoms with Crippen molar-refractivity contribution < 1.29 is 0 Å². The molecule has 5 nitrogen and oxygen atoms in total. The van der Waals surface area contributed by atoms with E-state index in [9.17, 15) is 0 Å². The van der Waals surface area contributed by atoms with Crippen molar-refractivity contribution in [2.75, 3.05) is 0 Å². The minimum atomic E-state index is 0.400. The molecule has 0 fully saturated rings. The van der Waals surface area contributed by atoms with Gasteiger partial charge < -0.3 is 4.57 Å². The summed E-state index contributed by atoms with van der Waals surface area (Å²) < 4.78 is 4.04. The average Bonchev–Trinajstić information content (AvgIpc) is 3.07. The lowest BCUT2D eigenvalue weighted by molar-refractivity contribution is 0.525. The standard InChI is InChI=1S/C14H16ClN5/c1-11-4-5-12-14(17-11)20(13(10-15)18-12)9-3-8-19-7-2-6-16-19/h2,4-7H,3,8-10H2,1H3. The number of nitrogens with zero attached hydrogens (tertiary/aromatic N) is 5. The summed E-state index contributed by atoms with van der Waals surface area (Å²) in [6, 6.07) is 5.90. The highest BCUT2D eigenvalue weighted by molar-refractivity contribution is 6.16. The van der Waals surface area contributed by atoms with Crippen LogP contribution in [0.2, 0.25) is 0 Å². The summed E-state index contributed by atoms with van der Waals surface area (Å²) in [5.41, 5.74) is 2.82. The lowest BCUT2D eigenvalue weighted by atomic mass is 10.3. The molecule has 0 aliphatic heterocycles. The molecule has 0 unspecified atom stereocenters. The molecule has 6 heteroatoms. The zero-order chi connectivity index (χ0) is 13.9. The second-order valence-electron chi connectivity index (χ2n) is 4.73. The molecule has 3 aromatic heterocycles. The highest BCUT2D eigenvalue weighted by Gasteiger charge is 2.11. The first-order chi connectivity index (χ1) is 9.78. The Hall–Kier alpha value is -1.88. The molecule has 104 valence electrons. The number of fused-ring (bicyclic) bond motifs is 1. The third-order valence-electron chi connectivity index (χ3n) is 3.26. The fraction of sp³-hybridized carbons (Fsp3) is 0.357. The van der Waals surface area contributed by atoms with Gasteiger partial charge >= 0.3 is 0 Å². The van der Waals surface area contributed by atoms with Crippen LogP contribution in [0.4, 0.5) is 0 Å². The van der Waals surface area contributed by atoms with Gasteiger partial charge in [-0.2, -0.15) is 5.10 Å². The van der Waals surface area contributed by atoms with Crippen LogP contribution in [0.25, 0.3) is 11.2 Å². The van der Waals surface area contributed by atoms with E-state index in [0.717, 1.165) is 42.2 Å². The highest BCUT2D eigenvalue weighted by atomic mass is 35.5. The minimum absolute atomic E-state index is 0.400. The van der Waals surface area contributed by atoms with Crippen LogP contribution >= 0.6 is 11.6 Å². The average molecular weight is 290 g/mol. The Morgan fingerprint density at radius 3 is 2.85 bits per heavy atom. The van der Waals surface area contributed by atoms with Crippen molar-refractivity contribution in [2.24, 2.45) is 0 Å². The fourth-order valence-corrected chi connectivity index (χ4v) is 2.51. The molecule has 0 bridgehead atoms. The van der Waals surface area contributed by atoms with Crippen LogP contribution in [0.15, 0.2) is 30.6 Å². The number of hydrogen-bond donors (Lipinski definition) is 0. The number of aryl methyl sites for hydroxylation is 3. The molecule has 0 spiro atoms. The first kappa shape index (κ1) is 13.1. The van der Waals surface area contributed by atoms with Gasteiger partial charge in [-0.25, -0.2) is 9.97 Å². The third-order valence-corrected chi connectivity index (χ3v) is 3.50. The zero-order valence-corrected chi connectivity index (χ0v) is 12.1. The first-order valence-corrected chi connectivity index (χ1v) is 7.17. The smallest absolute Gasteiger partial charge is 0.160 e. The molecular weight excluding hydrogens is 274 g/mol. The largest absolute Gasteiger partial charge is 0.312 e. The van der Waals surface area contributed by atoms with E-state index in [4.69, 9.17) is 11.6 Å².